The zero-order valence-corrected chi connectivity index (χ0v) is 18.5. The molecule has 2 amide bonds. The van der Waals surface area contributed by atoms with Gasteiger partial charge in [-0.05, 0) is 54.7 Å². The van der Waals surface area contributed by atoms with Crippen molar-refractivity contribution in [3.63, 3.8) is 0 Å². The van der Waals surface area contributed by atoms with Crippen LogP contribution in [0.5, 0.6) is 0 Å². The van der Waals surface area contributed by atoms with Crippen molar-refractivity contribution in [1.29, 1.82) is 0 Å². The van der Waals surface area contributed by atoms with Crippen molar-refractivity contribution < 1.29 is 9.59 Å². The Kier molecular flexibility index (Phi) is 5.64. The van der Waals surface area contributed by atoms with Crippen LogP contribution in [-0.4, -0.2) is 30.3 Å². The van der Waals surface area contributed by atoms with E-state index in [1.165, 1.54) is 16.7 Å². The number of likely N-dealkylation sites (N-methyl/N-ethyl adjacent to an activating group) is 1. The Morgan fingerprint density at radius 1 is 0.935 bits per heavy atom. The fourth-order valence-corrected chi connectivity index (χ4v) is 4.47. The minimum Gasteiger partial charge on any atom is -0.344 e. The number of para-hydroxylation sites is 1. The molecule has 2 unspecified atom stereocenters. The summed E-state index contributed by atoms with van der Waals surface area (Å²) in [5.74, 6) is -1.27. The Bertz CT molecular complexity index is 1150. The Morgan fingerprint density at radius 2 is 1.71 bits per heavy atom. The number of hydrogen-bond donors (Lipinski definition) is 1. The number of anilines is 1. The summed E-state index contributed by atoms with van der Waals surface area (Å²) < 4.78 is 0. The van der Waals surface area contributed by atoms with Crippen LogP contribution in [-0.2, 0) is 9.59 Å². The lowest BCUT2D eigenvalue weighted by molar-refractivity contribution is -0.135. The zero-order valence-electron chi connectivity index (χ0n) is 18.5. The molecule has 0 radical (unpaired) electrons. The van der Waals surface area contributed by atoms with Crippen LogP contribution in [0.15, 0.2) is 66.7 Å². The van der Waals surface area contributed by atoms with Crippen LogP contribution in [0.25, 0.3) is 11.1 Å². The molecule has 2 atom stereocenters. The molecule has 4 rings (SSSR count). The second-order valence-corrected chi connectivity index (χ2v) is 8.55. The number of carbonyl (C=O) groups excluding carboxylic acids is 2. The molecule has 0 aliphatic carbocycles. The molecule has 4 nitrogen and oxygen atoms in total. The zero-order chi connectivity index (χ0) is 22.1. The Morgan fingerprint density at radius 3 is 2.42 bits per heavy atom. The average molecular weight is 413 g/mol. The van der Waals surface area contributed by atoms with E-state index in [1.807, 2.05) is 31.2 Å². The first-order chi connectivity index (χ1) is 14.8. The van der Waals surface area contributed by atoms with Gasteiger partial charge in [0.1, 0.15) is 5.92 Å². The summed E-state index contributed by atoms with van der Waals surface area (Å²) in [5.41, 5.74) is 7.46. The summed E-state index contributed by atoms with van der Waals surface area (Å²) in [5, 5.41) is 2.97. The SMILES string of the molecule is Cc1cccc(-c2ccc(C3CN(C)C(=O)C3C(=O)Nc3ccccc3C)cc2C)c1. The first kappa shape index (κ1) is 20.9. The lowest BCUT2D eigenvalue weighted by Crippen LogP contribution is -2.32. The topological polar surface area (TPSA) is 49.4 Å². The van der Waals surface area contributed by atoms with Crippen molar-refractivity contribution in [2.24, 2.45) is 5.92 Å². The highest BCUT2D eigenvalue weighted by molar-refractivity contribution is 6.08. The first-order valence-corrected chi connectivity index (χ1v) is 10.6. The van der Waals surface area contributed by atoms with Crippen LogP contribution in [0, 0.1) is 26.7 Å². The summed E-state index contributed by atoms with van der Waals surface area (Å²) in [6, 6.07) is 22.4. The van der Waals surface area contributed by atoms with Crippen LogP contribution in [0.1, 0.15) is 28.2 Å². The number of nitrogens with one attached hydrogen (secondary N) is 1. The highest BCUT2D eigenvalue weighted by Crippen LogP contribution is 2.36. The Labute approximate surface area is 183 Å². The third-order valence-electron chi connectivity index (χ3n) is 6.21. The van der Waals surface area contributed by atoms with Gasteiger partial charge < -0.3 is 10.2 Å². The third kappa shape index (κ3) is 4.11. The van der Waals surface area contributed by atoms with Gasteiger partial charge in [0, 0.05) is 25.2 Å². The lowest BCUT2D eigenvalue weighted by atomic mass is 9.85. The number of likely N-dealkylation sites (tertiary alicyclic amines) is 1. The summed E-state index contributed by atoms with van der Waals surface area (Å²) >= 11 is 0. The molecule has 1 aliphatic rings. The van der Waals surface area contributed by atoms with Crippen LogP contribution in [0.4, 0.5) is 5.69 Å². The minimum absolute atomic E-state index is 0.128. The van der Waals surface area contributed by atoms with Crippen LogP contribution in [0.3, 0.4) is 0 Å². The monoisotopic (exact) mass is 412 g/mol. The summed E-state index contributed by atoms with van der Waals surface area (Å²) in [6.07, 6.45) is 0. The first-order valence-electron chi connectivity index (χ1n) is 10.6. The summed E-state index contributed by atoms with van der Waals surface area (Å²) in [6.45, 7) is 6.66. The van der Waals surface area contributed by atoms with Crippen LogP contribution >= 0.6 is 0 Å². The van der Waals surface area contributed by atoms with Crippen molar-refractivity contribution >= 4 is 17.5 Å². The Balaban J connectivity index is 1.64. The highest BCUT2D eigenvalue weighted by Gasteiger charge is 2.44. The van der Waals surface area contributed by atoms with Crippen molar-refractivity contribution in [2.45, 2.75) is 26.7 Å². The van der Waals surface area contributed by atoms with Gasteiger partial charge in [0.05, 0.1) is 0 Å². The van der Waals surface area contributed by atoms with E-state index >= 15 is 0 Å². The van der Waals surface area contributed by atoms with Crippen molar-refractivity contribution in [1.82, 2.24) is 4.90 Å². The van der Waals surface area contributed by atoms with Gasteiger partial charge in [-0.3, -0.25) is 9.59 Å². The van der Waals surface area contributed by atoms with Crippen LogP contribution < -0.4 is 5.32 Å². The number of hydrogen-bond acceptors (Lipinski definition) is 2. The van der Waals surface area contributed by atoms with Crippen molar-refractivity contribution in [3.8, 4) is 11.1 Å². The van der Waals surface area contributed by atoms with E-state index in [0.717, 1.165) is 22.4 Å². The predicted molar refractivity (Wildman–Crippen MR) is 125 cm³/mol. The Hall–Kier alpha value is -3.40. The number of amides is 2. The molecule has 31 heavy (non-hydrogen) atoms. The molecule has 1 saturated heterocycles. The standard InChI is InChI=1S/C27H28N2O2/c1-17-8-7-10-20(14-17)22-13-12-21(15-19(22)3)23-16-29(4)27(31)25(23)26(30)28-24-11-6-5-9-18(24)2/h5-15,23,25H,16H2,1-4H3,(H,28,30). The average Bonchev–Trinajstić information content (AvgIpc) is 3.04. The fraction of sp³-hybridized carbons (Fsp3) is 0.259. The number of aryl methyl sites for hydroxylation is 3. The number of rotatable bonds is 4. The maximum atomic E-state index is 13.2. The molecular weight excluding hydrogens is 384 g/mol. The smallest absolute Gasteiger partial charge is 0.237 e. The maximum absolute atomic E-state index is 13.2. The van der Waals surface area contributed by atoms with Gasteiger partial charge in [-0.15, -0.1) is 0 Å². The van der Waals surface area contributed by atoms with Gasteiger partial charge in [-0.1, -0.05) is 66.2 Å². The summed E-state index contributed by atoms with van der Waals surface area (Å²) in [4.78, 5) is 27.7. The van der Waals surface area contributed by atoms with Crippen LogP contribution in [0.2, 0.25) is 0 Å². The van der Waals surface area contributed by atoms with Gasteiger partial charge in [0.2, 0.25) is 11.8 Å². The normalized spacial score (nSPS) is 18.3. The van der Waals surface area contributed by atoms with E-state index in [2.05, 4.69) is 61.6 Å². The van der Waals surface area contributed by atoms with E-state index in [0.29, 0.717) is 6.54 Å². The fourth-order valence-electron chi connectivity index (χ4n) is 4.47. The second-order valence-electron chi connectivity index (χ2n) is 8.55. The minimum atomic E-state index is -0.728. The molecule has 3 aromatic rings. The molecule has 0 saturated carbocycles. The van der Waals surface area contributed by atoms with Gasteiger partial charge in [-0.25, -0.2) is 0 Å². The van der Waals surface area contributed by atoms with Crippen molar-refractivity contribution in [2.75, 3.05) is 18.9 Å². The molecule has 1 N–H and O–H groups in total. The molecule has 1 heterocycles. The lowest BCUT2D eigenvalue weighted by Gasteiger charge is -2.19. The quantitative estimate of drug-likeness (QED) is 0.607. The largest absolute Gasteiger partial charge is 0.344 e. The molecule has 0 aromatic heterocycles. The number of nitrogens with zero attached hydrogens (tertiary/aromatic N) is 1. The summed E-state index contributed by atoms with van der Waals surface area (Å²) in [7, 11) is 1.77. The van der Waals surface area contributed by atoms with E-state index in [1.54, 1.807) is 11.9 Å². The van der Waals surface area contributed by atoms with Gasteiger partial charge in [0.15, 0.2) is 0 Å². The molecule has 0 bridgehead atoms. The van der Waals surface area contributed by atoms with E-state index < -0.39 is 5.92 Å². The molecule has 0 spiro atoms. The second kappa shape index (κ2) is 8.38. The van der Waals surface area contributed by atoms with Crippen molar-refractivity contribution in [3.05, 3.63) is 89.0 Å². The van der Waals surface area contributed by atoms with Gasteiger partial charge in [0.25, 0.3) is 0 Å². The number of carbonyl (C=O) groups is 2. The molecule has 158 valence electrons. The molecule has 4 heteroatoms. The molecule has 1 fully saturated rings. The maximum Gasteiger partial charge on any atom is 0.237 e. The molecule has 1 aliphatic heterocycles. The predicted octanol–water partition coefficient (Wildman–Crippen LogP) is 5.09. The number of benzene rings is 3. The van der Waals surface area contributed by atoms with E-state index in [-0.39, 0.29) is 17.7 Å². The molecular formula is C27H28N2O2. The van der Waals surface area contributed by atoms with Gasteiger partial charge in [-0.2, -0.15) is 0 Å². The van der Waals surface area contributed by atoms with Gasteiger partial charge >= 0.3 is 0 Å². The third-order valence-corrected chi connectivity index (χ3v) is 6.21. The van der Waals surface area contributed by atoms with E-state index in [4.69, 9.17) is 0 Å². The highest BCUT2D eigenvalue weighted by atomic mass is 16.2. The van der Waals surface area contributed by atoms with E-state index in [9.17, 15) is 9.59 Å². The molecule has 3 aromatic carbocycles.